The number of fused-ring (bicyclic) bond motifs is 2. The van der Waals surface area contributed by atoms with E-state index in [1.165, 1.54) is 42.6 Å². The number of phenolic OH excluding ortho intramolecular Hbond substituents is 3. The number of pyridine rings is 1. The second kappa shape index (κ2) is 6.28. The SMILES string of the molecule is Cc1c(O)cc(O)c2cc(S(=O)(=O)Nc3ccc(O)c4cccnc34)ccc12. The second-order valence-electron chi connectivity index (χ2n) is 6.38. The molecule has 8 heteroatoms. The third kappa shape index (κ3) is 2.84. The Morgan fingerprint density at radius 3 is 2.43 bits per heavy atom. The topological polar surface area (TPSA) is 120 Å². The summed E-state index contributed by atoms with van der Waals surface area (Å²) >= 11 is 0. The normalized spacial score (nSPS) is 11.8. The van der Waals surface area contributed by atoms with Crippen molar-refractivity contribution >= 4 is 37.4 Å². The molecule has 0 aliphatic rings. The van der Waals surface area contributed by atoms with Crippen molar-refractivity contribution in [1.82, 2.24) is 4.98 Å². The highest BCUT2D eigenvalue weighted by atomic mass is 32.2. The smallest absolute Gasteiger partial charge is 0.261 e. The number of sulfonamides is 1. The molecule has 0 aliphatic heterocycles. The van der Waals surface area contributed by atoms with Crippen LogP contribution in [0.3, 0.4) is 0 Å². The number of nitrogens with zero attached hydrogens (tertiary/aromatic N) is 1. The van der Waals surface area contributed by atoms with E-state index in [4.69, 9.17) is 0 Å². The molecule has 4 N–H and O–H groups in total. The number of hydrogen-bond acceptors (Lipinski definition) is 6. The van der Waals surface area contributed by atoms with Crippen molar-refractivity contribution < 1.29 is 23.7 Å². The standard InChI is InChI=1S/C20H16N2O5S/c1-11-13-5-4-12(9-15(13)19(25)10-18(11)24)28(26,27)22-16-6-7-17(23)14-3-2-8-21-20(14)16/h2-10,22-25H,1H3. The van der Waals surface area contributed by atoms with Crippen LogP contribution in [0.1, 0.15) is 5.56 Å². The molecule has 0 atom stereocenters. The number of phenols is 3. The van der Waals surface area contributed by atoms with Crippen molar-refractivity contribution in [3.8, 4) is 17.2 Å². The first kappa shape index (κ1) is 17.9. The molecule has 142 valence electrons. The molecule has 28 heavy (non-hydrogen) atoms. The Morgan fingerprint density at radius 2 is 1.64 bits per heavy atom. The maximum atomic E-state index is 12.9. The summed E-state index contributed by atoms with van der Waals surface area (Å²) in [5.74, 6) is -0.288. The van der Waals surface area contributed by atoms with Crippen LogP contribution < -0.4 is 4.72 Å². The van der Waals surface area contributed by atoms with E-state index in [9.17, 15) is 23.7 Å². The average molecular weight is 396 g/mol. The third-order valence-electron chi connectivity index (χ3n) is 4.63. The van der Waals surface area contributed by atoms with Gasteiger partial charge >= 0.3 is 0 Å². The average Bonchev–Trinajstić information content (AvgIpc) is 2.68. The lowest BCUT2D eigenvalue weighted by molar-refractivity contribution is 0.452. The zero-order valence-corrected chi connectivity index (χ0v) is 15.5. The lowest BCUT2D eigenvalue weighted by Crippen LogP contribution is -2.13. The number of anilines is 1. The van der Waals surface area contributed by atoms with Crippen LogP contribution >= 0.6 is 0 Å². The van der Waals surface area contributed by atoms with E-state index in [1.807, 2.05) is 0 Å². The summed E-state index contributed by atoms with van der Waals surface area (Å²) in [6, 6.07) is 11.6. The quantitative estimate of drug-likeness (QED) is 0.393. The Kier molecular flexibility index (Phi) is 4.01. The molecule has 1 aromatic heterocycles. The van der Waals surface area contributed by atoms with Gasteiger partial charge in [0.05, 0.1) is 16.1 Å². The summed E-state index contributed by atoms with van der Waals surface area (Å²) in [6.45, 7) is 1.68. The molecule has 7 nitrogen and oxygen atoms in total. The molecular weight excluding hydrogens is 380 g/mol. The van der Waals surface area contributed by atoms with E-state index in [-0.39, 0.29) is 27.8 Å². The predicted octanol–water partition coefficient (Wildman–Crippen LogP) is 3.61. The van der Waals surface area contributed by atoms with E-state index >= 15 is 0 Å². The number of benzene rings is 3. The molecule has 0 fully saturated rings. The highest BCUT2D eigenvalue weighted by Crippen LogP contribution is 2.36. The molecule has 0 spiro atoms. The predicted molar refractivity (Wildman–Crippen MR) is 106 cm³/mol. The van der Waals surface area contributed by atoms with E-state index in [1.54, 1.807) is 19.1 Å². The van der Waals surface area contributed by atoms with Crippen LogP contribution in [0.15, 0.2) is 59.6 Å². The second-order valence-corrected chi connectivity index (χ2v) is 8.07. The molecule has 0 unspecified atom stereocenters. The summed E-state index contributed by atoms with van der Waals surface area (Å²) < 4.78 is 28.3. The third-order valence-corrected chi connectivity index (χ3v) is 5.99. The van der Waals surface area contributed by atoms with Crippen molar-refractivity contribution in [3.05, 3.63) is 60.3 Å². The Morgan fingerprint density at radius 1 is 0.857 bits per heavy atom. The Hall–Kier alpha value is -3.52. The van der Waals surface area contributed by atoms with Crippen LogP contribution in [0.5, 0.6) is 17.2 Å². The number of aromatic nitrogens is 1. The molecule has 3 aromatic carbocycles. The van der Waals surface area contributed by atoms with E-state index in [2.05, 4.69) is 9.71 Å². The van der Waals surface area contributed by atoms with Crippen LogP contribution in [0.4, 0.5) is 5.69 Å². The van der Waals surface area contributed by atoms with Gasteiger partial charge in [0.25, 0.3) is 10.0 Å². The molecule has 1 heterocycles. The van der Waals surface area contributed by atoms with Crippen LogP contribution in [0, 0.1) is 6.92 Å². The molecule has 0 saturated carbocycles. The fraction of sp³-hybridized carbons (Fsp3) is 0.0500. The van der Waals surface area contributed by atoms with Gasteiger partial charge in [0.15, 0.2) is 0 Å². The van der Waals surface area contributed by atoms with Crippen molar-refractivity contribution in [2.75, 3.05) is 4.72 Å². The molecule has 4 rings (SSSR count). The number of nitrogens with one attached hydrogen (secondary N) is 1. The maximum Gasteiger partial charge on any atom is 0.261 e. The van der Waals surface area contributed by atoms with Crippen molar-refractivity contribution in [3.63, 3.8) is 0 Å². The van der Waals surface area contributed by atoms with Gasteiger partial charge in [-0.05, 0) is 54.3 Å². The fourth-order valence-corrected chi connectivity index (χ4v) is 4.22. The number of aromatic hydroxyl groups is 3. The summed E-state index contributed by atoms with van der Waals surface area (Å²) in [6.07, 6.45) is 1.50. The van der Waals surface area contributed by atoms with Crippen molar-refractivity contribution in [2.24, 2.45) is 0 Å². The van der Waals surface area contributed by atoms with Gasteiger partial charge in [-0.15, -0.1) is 0 Å². The zero-order valence-electron chi connectivity index (χ0n) is 14.7. The highest BCUT2D eigenvalue weighted by molar-refractivity contribution is 7.92. The minimum absolute atomic E-state index is 0.00282. The van der Waals surface area contributed by atoms with Crippen LogP contribution in [0.25, 0.3) is 21.7 Å². The Balaban J connectivity index is 1.83. The lowest BCUT2D eigenvalue weighted by Gasteiger charge is -2.13. The molecule has 0 bridgehead atoms. The minimum atomic E-state index is -3.99. The molecular formula is C20H16N2O5S. The van der Waals surface area contributed by atoms with Gasteiger partial charge in [-0.1, -0.05) is 6.07 Å². The lowest BCUT2D eigenvalue weighted by atomic mass is 10.0. The van der Waals surface area contributed by atoms with Gasteiger partial charge in [-0.25, -0.2) is 8.42 Å². The first-order valence-corrected chi connectivity index (χ1v) is 9.81. The number of hydrogen-bond donors (Lipinski definition) is 4. The summed E-state index contributed by atoms with van der Waals surface area (Å²) in [5.41, 5.74) is 1.08. The number of aryl methyl sites for hydroxylation is 1. The maximum absolute atomic E-state index is 12.9. The first-order valence-electron chi connectivity index (χ1n) is 8.33. The Labute approximate surface area is 160 Å². The molecule has 0 aliphatic carbocycles. The van der Waals surface area contributed by atoms with Gasteiger partial charge < -0.3 is 15.3 Å². The van der Waals surface area contributed by atoms with Gasteiger partial charge in [-0.2, -0.15) is 0 Å². The summed E-state index contributed by atoms with van der Waals surface area (Å²) in [5, 5.41) is 31.2. The monoisotopic (exact) mass is 396 g/mol. The summed E-state index contributed by atoms with van der Waals surface area (Å²) in [4.78, 5) is 4.09. The minimum Gasteiger partial charge on any atom is -0.508 e. The van der Waals surface area contributed by atoms with E-state index in [0.717, 1.165) is 0 Å². The van der Waals surface area contributed by atoms with Gasteiger partial charge in [0.1, 0.15) is 17.2 Å². The fourth-order valence-electron chi connectivity index (χ4n) is 3.13. The first-order chi connectivity index (χ1) is 13.3. The Bertz CT molecular complexity index is 1350. The van der Waals surface area contributed by atoms with Gasteiger partial charge in [0.2, 0.25) is 0 Å². The van der Waals surface area contributed by atoms with Crippen molar-refractivity contribution in [1.29, 1.82) is 0 Å². The number of rotatable bonds is 3. The largest absolute Gasteiger partial charge is 0.508 e. The summed E-state index contributed by atoms with van der Waals surface area (Å²) in [7, 11) is -3.99. The molecule has 0 amide bonds. The molecule has 0 radical (unpaired) electrons. The van der Waals surface area contributed by atoms with Gasteiger partial charge in [0, 0.05) is 23.0 Å². The van der Waals surface area contributed by atoms with Crippen LogP contribution in [-0.4, -0.2) is 28.7 Å². The molecule has 4 aromatic rings. The highest BCUT2D eigenvalue weighted by Gasteiger charge is 2.19. The molecule has 0 saturated heterocycles. The van der Waals surface area contributed by atoms with E-state index in [0.29, 0.717) is 27.2 Å². The van der Waals surface area contributed by atoms with Crippen LogP contribution in [0.2, 0.25) is 0 Å². The van der Waals surface area contributed by atoms with E-state index < -0.39 is 10.0 Å². The van der Waals surface area contributed by atoms with Crippen molar-refractivity contribution in [2.45, 2.75) is 11.8 Å². The zero-order chi connectivity index (χ0) is 20.1. The van der Waals surface area contributed by atoms with Gasteiger partial charge in [-0.3, -0.25) is 9.71 Å². The van der Waals surface area contributed by atoms with Crippen LogP contribution in [-0.2, 0) is 10.0 Å².